The zero-order chi connectivity index (χ0) is 17.1. The van der Waals surface area contributed by atoms with E-state index >= 15 is 0 Å². The highest BCUT2D eigenvalue weighted by Gasteiger charge is 2.24. The molecule has 3 rings (SSSR count). The van der Waals surface area contributed by atoms with E-state index in [4.69, 9.17) is 11.6 Å². The highest BCUT2D eigenvalue weighted by molar-refractivity contribution is 8.18. The maximum atomic E-state index is 12.0. The average Bonchev–Trinajstić information content (AvgIpc) is 2.89. The van der Waals surface area contributed by atoms with Gasteiger partial charge in [-0.3, -0.25) is 4.79 Å². The molecule has 0 unspecified atom stereocenters. The summed E-state index contributed by atoms with van der Waals surface area (Å²) in [6.07, 6.45) is 1.75. The molecule has 1 aliphatic rings. The highest BCUT2D eigenvalue weighted by atomic mass is 35.5. The molecule has 1 aliphatic heterocycles. The molecule has 0 bridgehead atoms. The molecule has 5 nitrogen and oxygen atoms in total. The van der Waals surface area contributed by atoms with Gasteiger partial charge < -0.3 is 10.4 Å². The monoisotopic (exact) mass is 358 g/mol. The Morgan fingerprint density at radius 3 is 2.67 bits per heavy atom. The lowest BCUT2D eigenvalue weighted by Gasteiger charge is -2.02. The second-order valence-electron chi connectivity index (χ2n) is 4.86. The second kappa shape index (κ2) is 6.90. The molecular weight excluding hydrogens is 348 g/mol. The summed E-state index contributed by atoms with van der Waals surface area (Å²) in [7, 11) is 0. The number of amides is 1. The first-order chi connectivity index (χ1) is 11.5. The van der Waals surface area contributed by atoms with Crippen molar-refractivity contribution >= 4 is 52.2 Å². The number of halogens is 1. The number of nitrogens with one attached hydrogen (secondary N) is 1. The van der Waals surface area contributed by atoms with E-state index in [0.717, 1.165) is 17.3 Å². The summed E-state index contributed by atoms with van der Waals surface area (Å²) < 4.78 is 0. The number of hydrogen-bond acceptors (Lipinski definition) is 4. The van der Waals surface area contributed by atoms with Crippen molar-refractivity contribution in [3.05, 3.63) is 69.6 Å². The predicted molar refractivity (Wildman–Crippen MR) is 95.7 cm³/mol. The third-order valence-electron chi connectivity index (χ3n) is 3.16. The fraction of sp³-hybridized carbons (Fsp3) is 0. The summed E-state index contributed by atoms with van der Waals surface area (Å²) in [6, 6.07) is 13.8. The lowest BCUT2D eigenvalue weighted by atomic mass is 10.2. The lowest BCUT2D eigenvalue weighted by Crippen LogP contribution is -2.19. The van der Waals surface area contributed by atoms with Crippen molar-refractivity contribution in [3.8, 4) is 0 Å². The molecule has 0 spiro atoms. The molecule has 1 saturated heterocycles. The normalized spacial score (nSPS) is 17.3. The van der Waals surface area contributed by atoms with Gasteiger partial charge in [-0.25, -0.2) is 9.79 Å². The van der Waals surface area contributed by atoms with Gasteiger partial charge in [0.05, 0.1) is 16.2 Å². The zero-order valence-electron chi connectivity index (χ0n) is 12.2. The van der Waals surface area contributed by atoms with Crippen LogP contribution in [0.25, 0.3) is 6.08 Å². The number of nitrogens with zero attached hydrogens (tertiary/aromatic N) is 1. The first-order valence-corrected chi connectivity index (χ1v) is 8.10. The number of carbonyl (C=O) groups excluding carboxylic acids is 1. The van der Waals surface area contributed by atoms with Crippen LogP contribution in [0.3, 0.4) is 0 Å². The number of carbonyl (C=O) groups is 2. The molecule has 2 N–H and O–H groups in total. The highest BCUT2D eigenvalue weighted by Crippen LogP contribution is 2.30. The molecule has 2 aromatic rings. The van der Waals surface area contributed by atoms with Gasteiger partial charge in [-0.2, -0.15) is 0 Å². The second-order valence-corrected chi connectivity index (χ2v) is 6.33. The van der Waals surface area contributed by atoms with E-state index in [1.807, 2.05) is 30.3 Å². The number of thioether (sulfide) groups is 1. The van der Waals surface area contributed by atoms with Crippen LogP contribution in [0.2, 0.25) is 5.02 Å². The summed E-state index contributed by atoms with van der Waals surface area (Å²) in [5.41, 5.74) is 1.11. The Labute approximate surface area is 147 Å². The Bertz CT molecular complexity index is 879. The average molecular weight is 359 g/mol. The Balaban J connectivity index is 1.90. The smallest absolute Gasteiger partial charge is 0.337 e. The number of carboxylic acid groups (broad SMARTS) is 1. The van der Waals surface area contributed by atoms with Gasteiger partial charge in [-0.05, 0) is 41.6 Å². The Kier molecular flexibility index (Phi) is 4.69. The van der Waals surface area contributed by atoms with Crippen molar-refractivity contribution in [2.45, 2.75) is 0 Å². The van der Waals surface area contributed by atoms with Crippen molar-refractivity contribution in [1.29, 1.82) is 0 Å². The van der Waals surface area contributed by atoms with E-state index in [2.05, 4.69) is 10.3 Å². The number of amidine groups is 1. The van der Waals surface area contributed by atoms with Crippen LogP contribution >= 0.6 is 23.4 Å². The minimum atomic E-state index is -1.13. The maximum Gasteiger partial charge on any atom is 0.337 e. The molecule has 1 fully saturated rings. The first kappa shape index (κ1) is 16.3. The van der Waals surface area contributed by atoms with Crippen LogP contribution in [0, 0.1) is 0 Å². The van der Waals surface area contributed by atoms with Crippen LogP contribution in [0.15, 0.2) is 58.4 Å². The van der Waals surface area contributed by atoms with Crippen LogP contribution in [-0.2, 0) is 4.79 Å². The fourth-order valence-corrected chi connectivity index (χ4v) is 3.07. The largest absolute Gasteiger partial charge is 0.478 e. The van der Waals surface area contributed by atoms with Gasteiger partial charge in [0.25, 0.3) is 5.91 Å². The Hall–Kier alpha value is -2.57. The van der Waals surface area contributed by atoms with Gasteiger partial charge in [-0.15, -0.1) is 0 Å². The fourth-order valence-electron chi connectivity index (χ4n) is 2.07. The van der Waals surface area contributed by atoms with Crippen molar-refractivity contribution < 1.29 is 14.7 Å². The lowest BCUT2D eigenvalue weighted by molar-refractivity contribution is -0.115. The molecule has 1 amide bonds. The topological polar surface area (TPSA) is 78.8 Å². The molecule has 24 heavy (non-hydrogen) atoms. The van der Waals surface area contributed by atoms with Crippen LogP contribution in [0.5, 0.6) is 0 Å². The van der Waals surface area contributed by atoms with E-state index in [-0.39, 0.29) is 17.2 Å². The molecule has 0 aromatic heterocycles. The number of benzene rings is 2. The molecule has 7 heteroatoms. The molecular formula is C17H11ClN2O3S. The van der Waals surface area contributed by atoms with Gasteiger partial charge in [0, 0.05) is 5.02 Å². The van der Waals surface area contributed by atoms with E-state index in [1.165, 1.54) is 12.1 Å². The van der Waals surface area contributed by atoms with Crippen LogP contribution in [0.4, 0.5) is 5.69 Å². The van der Waals surface area contributed by atoms with Crippen molar-refractivity contribution in [1.82, 2.24) is 5.32 Å². The van der Waals surface area contributed by atoms with E-state index in [1.54, 1.807) is 12.1 Å². The number of aliphatic imine (C=N–C) groups is 1. The van der Waals surface area contributed by atoms with E-state index in [9.17, 15) is 14.7 Å². The Morgan fingerprint density at radius 1 is 1.21 bits per heavy atom. The molecule has 0 saturated carbocycles. The number of hydrogen-bond donors (Lipinski definition) is 2. The number of rotatable bonds is 3. The molecule has 120 valence electrons. The van der Waals surface area contributed by atoms with E-state index < -0.39 is 5.97 Å². The zero-order valence-corrected chi connectivity index (χ0v) is 13.8. The molecule has 2 aromatic carbocycles. The van der Waals surface area contributed by atoms with Gasteiger partial charge >= 0.3 is 5.97 Å². The van der Waals surface area contributed by atoms with Crippen molar-refractivity contribution in [2.24, 2.45) is 4.99 Å². The number of aromatic carboxylic acids is 1. The van der Waals surface area contributed by atoms with Gasteiger partial charge in [0.1, 0.15) is 0 Å². The summed E-state index contributed by atoms with van der Waals surface area (Å²) in [5, 5.41) is 12.5. The number of carboxylic acids is 1. The third kappa shape index (κ3) is 3.67. The molecule has 1 heterocycles. The molecule has 0 radical (unpaired) electrons. The van der Waals surface area contributed by atoms with Crippen molar-refractivity contribution in [3.63, 3.8) is 0 Å². The molecule has 0 atom stereocenters. The summed E-state index contributed by atoms with van der Waals surface area (Å²) in [4.78, 5) is 28.0. The quantitative estimate of drug-likeness (QED) is 0.815. The van der Waals surface area contributed by atoms with Gasteiger partial charge in [0.2, 0.25) is 0 Å². The summed E-state index contributed by atoms with van der Waals surface area (Å²) in [5.74, 6) is -1.40. The predicted octanol–water partition coefficient (Wildman–Crippen LogP) is 3.93. The van der Waals surface area contributed by atoms with E-state index in [0.29, 0.717) is 15.1 Å². The SMILES string of the molecule is O=C1NC(=Nc2ccc(Cl)cc2C(=O)O)S/C1=C\c1ccccc1. The summed E-state index contributed by atoms with van der Waals surface area (Å²) >= 11 is 6.98. The van der Waals surface area contributed by atoms with Gasteiger partial charge in [0.15, 0.2) is 5.17 Å². The minimum Gasteiger partial charge on any atom is -0.478 e. The third-order valence-corrected chi connectivity index (χ3v) is 4.30. The standard InChI is InChI=1S/C17H11ClN2O3S/c18-11-6-7-13(12(9-11)16(22)23)19-17-20-15(21)14(24-17)8-10-4-2-1-3-5-10/h1-9H,(H,22,23)(H,19,20,21)/b14-8-. The maximum absolute atomic E-state index is 12.0. The minimum absolute atomic E-state index is 0.0228. The molecule has 0 aliphatic carbocycles. The van der Waals surface area contributed by atoms with Crippen LogP contribution in [0.1, 0.15) is 15.9 Å². The van der Waals surface area contributed by atoms with Crippen LogP contribution in [-0.4, -0.2) is 22.2 Å². The first-order valence-electron chi connectivity index (χ1n) is 6.90. The van der Waals surface area contributed by atoms with Gasteiger partial charge in [-0.1, -0.05) is 41.9 Å². The van der Waals surface area contributed by atoms with Crippen LogP contribution < -0.4 is 5.32 Å². The summed E-state index contributed by atoms with van der Waals surface area (Å²) in [6.45, 7) is 0. The Morgan fingerprint density at radius 2 is 1.96 bits per heavy atom. The van der Waals surface area contributed by atoms with Crippen molar-refractivity contribution in [2.75, 3.05) is 0 Å².